The summed E-state index contributed by atoms with van der Waals surface area (Å²) in [5.74, 6) is 1.79. The van der Waals surface area contributed by atoms with Crippen LogP contribution in [0.25, 0.3) is 11.4 Å². The number of nitrogens with one attached hydrogen (secondary N) is 1. The van der Waals surface area contributed by atoms with Gasteiger partial charge in [-0.15, -0.1) is 0 Å². The van der Waals surface area contributed by atoms with Gasteiger partial charge in [0.05, 0.1) is 18.2 Å². The van der Waals surface area contributed by atoms with Crippen LogP contribution in [0.4, 0.5) is 20.3 Å². The van der Waals surface area contributed by atoms with Crippen LogP contribution in [0.1, 0.15) is 6.92 Å². The number of rotatable bonds is 7. The standard InChI is InChI=1S/C21H23F2N5O5/c1-11(31-2)18(20(24)30)25-12-3-4-13-15(7-12)32-6-5-27-8-16(26-21(13)27)28-14(19(22)23)10-33-17(28)9-29/h3-4,7-8,11,14,18-19,25H,5-6,10H2,1-2H3,(H2,24,30)/t11-,14+,18+/m1/s1. The van der Waals surface area contributed by atoms with E-state index in [1.165, 1.54) is 7.11 Å². The van der Waals surface area contributed by atoms with Gasteiger partial charge in [-0.2, -0.15) is 0 Å². The van der Waals surface area contributed by atoms with Crippen LogP contribution < -0.4 is 20.7 Å². The molecule has 1 amide bonds. The highest BCUT2D eigenvalue weighted by Crippen LogP contribution is 2.37. The summed E-state index contributed by atoms with van der Waals surface area (Å²) in [6, 6.07) is 3.07. The second-order valence-electron chi connectivity index (χ2n) is 7.63. The number of benzene rings is 1. The Balaban J connectivity index is 1.68. The molecule has 33 heavy (non-hydrogen) atoms. The summed E-state index contributed by atoms with van der Waals surface area (Å²) in [7, 11) is 1.48. The zero-order valence-electron chi connectivity index (χ0n) is 18.0. The number of nitrogens with two attached hydrogens (primary N) is 1. The second-order valence-corrected chi connectivity index (χ2v) is 7.63. The quantitative estimate of drug-likeness (QED) is 0.591. The van der Waals surface area contributed by atoms with E-state index in [-0.39, 0.29) is 24.9 Å². The molecule has 3 N–H and O–H groups in total. The molecule has 1 fully saturated rings. The van der Waals surface area contributed by atoms with Gasteiger partial charge in [0.15, 0.2) is 11.8 Å². The number of aromatic nitrogens is 2. The Bertz CT molecular complexity index is 1100. The number of fused-ring (bicyclic) bond motifs is 3. The first-order valence-electron chi connectivity index (χ1n) is 10.2. The highest BCUT2D eigenvalue weighted by atomic mass is 19.3. The summed E-state index contributed by atoms with van der Waals surface area (Å²) in [5.41, 5.74) is 6.68. The third kappa shape index (κ3) is 4.22. The third-order valence-corrected chi connectivity index (χ3v) is 5.61. The van der Waals surface area contributed by atoms with Crippen molar-refractivity contribution < 1.29 is 32.6 Å². The second kappa shape index (κ2) is 9.08. The molecule has 2 aliphatic heterocycles. The van der Waals surface area contributed by atoms with Gasteiger partial charge >= 0.3 is 0 Å². The fourth-order valence-corrected chi connectivity index (χ4v) is 3.81. The summed E-state index contributed by atoms with van der Waals surface area (Å²) in [6.45, 7) is 2.08. The molecule has 0 unspecified atom stereocenters. The Morgan fingerprint density at radius 3 is 2.85 bits per heavy atom. The van der Waals surface area contributed by atoms with E-state index in [9.17, 15) is 18.4 Å². The van der Waals surface area contributed by atoms with Crippen molar-refractivity contribution in [3.05, 3.63) is 30.3 Å². The first-order valence-corrected chi connectivity index (χ1v) is 10.2. The van der Waals surface area contributed by atoms with Crippen LogP contribution >= 0.6 is 0 Å². The van der Waals surface area contributed by atoms with Crippen molar-refractivity contribution in [2.24, 2.45) is 5.73 Å². The highest BCUT2D eigenvalue weighted by Gasteiger charge is 2.40. The van der Waals surface area contributed by atoms with E-state index in [4.69, 9.17) is 19.9 Å². The van der Waals surface area contributed by atoms with Gasteiger partial charge in [0.2, 0.25) is 5.91 Å². The molecule has 4 rings (SSSR count). The number of primary amides is 1. The van der Waals surface area contributed by atoms with Crippen molar-refractivity contribution in [2.45, 2.75) is 38.1 Å². The molecule has 0 spiro atoms. The van der Waals surface area contributed by atoms with E-state index >= 15 is 0 Å². The zero-order valence-corrected chi connectivity index (χ0v) is 18.0. The number of amides is 1. The minimum Gasteiger partial charge on any atom is -0.491 e. The molecule has 1 saturated heterocycles. The molecule has 1 aromatic heterocycles. The van der Waals surface area contributed by atoms with Gasteiger partial charge in [0.1, 0.15) is 36.9 Å². The summed E-state index contributed by atoms with van der Waals surface area (Å²) in [5, 5.41) is 3.04. The van der Waals surface area contributed by atoms with Crippen molar-refractivity contribution in [1.29, 1.82) is 0 Å². The lowest BCUT2D eigenvalue weighted by Gasteiger charge is -2.22. The van der Waals surface area contributed by atoms with Crippen LogP contribution in [-0.4, -0.2) is 66.3 Å². The smallest absolute Gasteiger partial charge is 0.284 e. The molecule has 1 aromatic carbocycles. The van der Waals surface area contributed by atoms with E-state index in [0.29, 0.717) is 29.4 Å². The Morgan fingerprint density at radius 2 is 2.18 bits per heavy atom. The van der Waals surface area contributed by atoms with Gasteiger partial charge < -0.3 is 29.8 Å². The molecule has 3 atom stereocenters. The normalized spacial score (nSPS) is 19.0. The fraction of sp³-hybridized carbons (Fsp3) is 0.429. The minimum atomic E-state index is -2.74. The molecule has 2 aliphatic rings. The number of imidazole rings is 1. The van der Waals surface area contributed by atoms with E-state index < -0.39 is 30.5 Å². The van der Waals surface area contributed by atoms with Crippen LogP contribution in [0, 0.1) is 0 Å². The summed E-state index contributed by atoms with van der Waals surface area (Å²) in [6.07, 6.45) is -1.63. The van der Waals surface area contributed by atoms with E-state index in [2.05, 4.69) is 10.3 Å². The van der Waals surface area contributed by atoms with Crippen LogP contribution in [0.15, 0.2) is 30.3 Å². The number of carbonyl (C=O) groups excluding carboxylic acids is 2. The first kappa shape index (κ1) is 22.6. The summed E-state index contributed by atoms with van der Waals surface area (Å²) < 4.78 is 44.9. The number of methoxy groups -OCH3 is 1. The average molecular weight is 463 g/mol. The Labute approximate surface area is 187 Å². The zero-order chi connectivity index (χ0) is 23.7. The Kier molecular flexibility index (Phi) is 6.21. The van der Waals surface area contributed by atoms with Crippen LogP contribution in [0.3, 0.4) is 0 Å². The molecule has 0 radical (unpaired) electrons. The van der Waals surface area contributed by atoms with Crippen molar-refractivity contribution in [2.75, 3.05) is 30.5 Å². The van der Waals surface area contributed by atoms with Crippen molar-refractivity contribution in [1.82, 2.24) is 9.55 Å². The molecule has 0 aliphatic carbocycles. The maximum Gasteiger partial charge on any atom is 0.284 e. The molecule has 0 bridgehead atoms. The maximum atomic E-state index is 13.5. The minimum absolute atomic E-state index is 0.156. The Morgan fingerprint density at radius 1 is 1.39 bits per heavy atom. The van der Waals surface area contributed by atoms with E-state index in [0.717, 1.165) is 4.90 Å². The van der Waals surface area contributed by atoms with Crippen LogP contribution in [-0.2, 0) is 25.6 Å². The third-order valence-electron chi connectivity index (χ3n) is 5.61. The number of halogens is 2. The van der Waals surface area contributed by atoms with Gasteiger partial charge in [-0.1, -0.05) is 0 Å². The van der Waals surface area contributed by atoms with Crippen LogP contribution in [0.2, 0.25) is 0 Å². The van der Waals surface area contributed by atoms with Crippen molar-refractivity contribution in [3.63, 3.8) is 0 Å². The maximum absolute atomic E-state index is 13.5. The monoisotopic (exact) mass is 463 g/mol. The molecule has 176 valence electrons. The number of ether oxygens (including phenoxy) is 3. The Hall–Kier alpha value is -3.63. The van der Waals surface area contributed by atoms with Gasteiger partial charge in [0, 0.05) is 25.1 Å². The van der Waals surface area contributed by atoms with E-state index in [1.54, 1.807) is 41.8 Å². The molecule has 3 heterocycles. The predicted octanol–water partition coefficient (Wildman–Crippen LogP) is 1.39. The lowest BCUT2D eigenvalue weighted by molar-refractivity contribution is -0.121. The number of alkyl halides is 2. The lowest BCUT2D eigenvalue weighted by atomic mass is 10.1. The van der Waals surface area contributed by atoms with Crippen molar-refractivity contribution in [3.8, 4) is 17.1 Å². The van der Waals surface area contributed by atoms with Gasteiger partial charge in [-0.05, 0) is 19.1 Å². The molecular weight excluding hydrogens is 440 g/mol. The van der Waals surface area contributed by atoms with Crippen LogP contribution in [0.5, 0.6) is 5.75 Å². The van der Waals surface area contributed by atoms with Gasteiger partial charge in [-0.3, -0.25) is 9.69 Å². The van der Waals surface area contributed by atoms with Gasteiger partial charge in [-0.25, -0.2) is 18.6 Å². The first-order chi connectivity index (χ1) is 15.8. The molecular formula is C21H23F2N5O5. The number of anilines is 2. The predicted molar refractivity (Wildman–Crippen MR) is 114 cm³/mol. The summed E-state index contributed by atoms with van der Waals surface area (Å²) in [4.78, 5) is 28.6. The number of carbonyl (C=O) groups is 1. The topological polar surface area (TPSA) is 121 Å². The SMILES string of the molecule is CO[C@H](C)[C@H](Nc1ccc2c(c1)OCCn1cc(N3C(=C=O)OC[C@H]3C(F)F)nc1-2)C(N)=O. The molecule has 10 nitrogen and oxygen atoms in total. The van der Waals surface area contributed by atoms with Gasteiger partial charge in [0.25, 0.3) is 12.3 Å². The number of hydrogen-bond acceptors (Lipinski definition) is 8. The molecule has 0 saturated carbocycles. The van der Waals surface area contributed by atoms with Crippen molar-refractivity contribution >= 4 is 23.4 Å². The number of hydrogen-bond donors (Lipinski definition) is 2. The average Bonchev–Trinajstić information content (AvgIpc) is 3.37. The lowest BCUT2D eigenvalue weighted by Crippen LogP contribution is -2.44. The largest absolute Gasteiger partial charge is 0.491 e. The molecule has 2 aromatic rings. The highest BCUT2D eigenvalue weighted by molar-refractivity contribution is 5.84. The summed E-state index contributed by atoms with van der Waals surface area (Å²) >= 11 is 0. The molecule has 12 heteroatoms. The van der Waals surface area contributed by atoms with E-state index in [1.807, 2.05) is 0 Å². The number of nitrogens with zero attached hydrogens (tertiary/aromatic N) is 3. The fourth-order valence-electron chi connectivity index (χ4n) is 3.81.